The molecule has 0 aliphatic rings. The summed E-state index contributed by atoms with van der Waals surface area (Å²) in [6, 6.07) is 11.4. The number of aryl methyl sites for hydroxylation is 2. The SMILES string of the molecule is COc1cccc(NC(=O)[C@H](C)N(c2cc(C)cc(C)c2)S(C)(=O)=O)c1. The highest BCUT2D eigenvalue weighted by molar-refractivity contribution is 7.92. The van der Waals surface area contributed by atoms with Gasteiger partial charge < -0.3 is 10.1 Å². The molecule has 2 rings (SSSR count). The second-order valence-electron chi connectivity index (χ2n) is 6.30. The molecule has 0 aromatic heterocycles. The van der Waals surface area contributed by atoms with E-state index in [0.717, 1.165) is 21.7 Å². The number of hydrogen-bond donors (Lipinski definition) is 1. The van der Waals surface area contributed by atoms with E-state index < -0.39 is 22.0 Å². The minimum Gasteiger partial charge on any atom is -0.497 e. The topological polar surface area (TPSA) is 75.7 Å². The van der Waals surface area contributed by atoms with Gasteiger partial charge in [0.05, 0.1) is 19.1 Å². The maximum Gasteiger partial charge on any atom is 0.247 e. The molecule has 0 fully saturated rings. The summed E-state index contributed by atoms with van der Waals surface area (Å²) in [6.07, 6.45) is 1.10. The summed E-state index contributed by atoms with van der Waals surface area (Å²) in [5.74, 6) is 0.174. The van der Waals surface area contributed by atoms with Gasteiger partial charge in [0.1, 0.15) is 11.8 Å². The maximum atomic E-state index is 12.7. The lowest BCUT2D eigenvalue weighted by Crippen LogP contribution is -2.45. The van der Waals surface area contributed by atoms with Gasteiger partial charge in [0.2, 0.25) is 15.9 Å². The molecule has 0 saturated heterocycles. The van der Waals surface area contributed by atoms with E-state index >= 15 is 0 Å². The summed E-state index contributed by atoms with van der Waals surface area (Å²) in [6.45, 7) is 5.34. The number of hydrogen-bond acceptors (Lipinski definition) is 4. The molecule has 0 heterocycles. The molecule has 0 aliphatic heterocycles. The summed E-state index contributed by atoms with van der Waals surface area (Å²) in [4.78, 5) is 12.7. The van der Waals surface area contributed by atoms with Crippen molar-refractivity contribution in [2.75, 3.05) is 23.0 Å². The molecule has 0 spiro atoms. The van der Waals surface area contributed by atoms with Gasteiger partial charge in [-0.2, -0.15) is 0 Å². The van der Waals surface area contributed by atoms with Gasteiger partial charge >= 0.3 is 0 Å². The molecule has 0 radical (unpaired) electrons. The van der Waals surface area contributed by atoms with Gasteiger partial charge in [0, 0.05) is 11.8 Å². The van der Waals surface area contributed by atoms with Crippen LogP contribution in [0.1, 0.15) is 18.1 Å². The van der Waals surface area contributed by atoms with Gasteiger partial charge in [-0.1, -0.05) is 12.1 Å². The van der Waals surface area contributed by atoms with Crippen LogP contribution in [0.3, 0.4) is 0 Å². The first-order valence-corrected chi connectivity index (χ1v) is 9.99. The molecule has 1 N–H and O–H groups in total. The van der Waals surface area contributed by atoms with E-state index in [1.807, 2.05) is 19.9 Å². The second kappa shape index (κ2) is 7.78. The predicted octanol–water partition coefficient (Wildman–Crippen LogP) is 3.11. The third kappa shape index (κ3) is 4.76. The van der Waals surface area contributed by atoms with E-state index in [1.165, 1.54) is 7.11 Å². The van der Waals surface area contributed by atoms with E-state index in [4.69, 9.17) is 4.74 Å². The van der Waals surface area contributed by atoms with Crippen molar-refractivity contribution < 1.29 is 17.9 Å². The minimum absolute atomic E-state index is 0.428. The van der Waals surface area contributed by atoms with Crippen molar-refractivity contribution in [1.29, 1.82) is 0 Å². The van der Waals surface area contributed by atoms with Crippen LogP contribution in [0.15, 0.2) is 42.5 Å². The summed E-state index contributed by atoms with van der Waals surface area (Å²) in [7, 11) is -2.12. The van der Waals surface area contributed by atoms with Crippen LogP contribution in [0.25, 0.3) is 0 Å². The lowest BCUT2D eigenvalue weighted by Gasteiger charge is -2.28. The van der Waals surface area contributed by atoms with Crippen LogP contribution in [0, 0.1) is 13.8 Å². The Morgan fingerprint density at radius 1 is 1.12 bits per heavy atom. The maximum absolute atomic E-state index is 12.7. The van der Waals surface area contributed by atoms with Gasteiger partial charge in [-0.25, -0.2) is 8.42 Å². The second-order valence-corrected chi connectivity index (χ2v) is 8.16. The van der Waals surface area contributed by atoms with Crippen LogP contribution in [-0.4, -0.2) is 33.7 Å². The third-order valence-electron chi connectivity index (χ3n) is 3.89. The largest absolute Gasteiger partial charge is 0.497 e. The monoisotopic (exact) mass is 376 g/mol. The molecule has 0 saturated carbocycles. The Labute approximate surface area is 154 Å². The highest BCUT2D eigenvalue weighted by atomic mass is 32.2. The standard InChI is InChI=1S/C19H24N2O4S/c1-13-9-14(2)11-17(10-13)21(26(5,23)24)15(3)19(22)20-16-7-6-8-18(12-16)25-4/h6-12,15H,1-5H3,(H,20,22)/t15-/m0/s1. The number of nitrogens with one attached hydrogen (secondary N) is 1. The van der Waals surface area contributed by atoms with Crippen LogP contribution in [0.4, 0.5) is 11.4 Å². The molecule has 0 bridgehead atoms. The van der Waals surface area contributed by atoms with Crippen LogP contribution in [0.2, 0.25) is 0 Å². The predicted molar refractivity (Wildman–Crippen MR) is 104 cm³/mol. The van der Waals surface area contributed by atoms with Crippen molar-refractivity contribution in [3.05, 3.63) is 53.6 Å². The Kier molecular flexibility index (Phi) is 5.92. The number of ether oxygens (including phenoxy) is 1. The average Bonchev–Trinajstić information content (AvgIpc) is 2.52. The Morgan fingerprint density at radius 3 is 2.27 bits per heavy atom. The van der Waals surface area contributed by atoms with Crippen molar-refractivity contribution >= 4 is 27.3 Å². The molecule has 1 atom stereocenters. The van der Waals surface area contributed by atoms with Gasteiger partial charge in [-0.15, -0.1) is 0 Å². The van der Waals surface area contributed by atoms with Crippen molar-refractivity contribution in [3.63, 3.8) is 0 Å². The normalized spacial score (nSPS) is 12.3. The molecule has 2 aromatic rings. The fourth-order valence-corrected chi connectivity index (χ4v) is 3.99. The number of carbonyl (C=O) groups is 1. The summed E-state index contributed by atoms with van der Waals surface area (Å²) in [5, 5.41) is 2.74. The lowest BCUT2D eigenvalue weighted by molar-refractivity contribution is -0.116. The first kappa shape index (κ1) is 19.8. The molecular formula is C19H24N2O4S. The van der Waals surface area contributed by atoms with Crippen LogP contribution in [-0.2, 0) is 14.8 Å². The van der Waals surface area contributed by atoms with E-state index in [9.17, 15) is 13.2 Å². The lowest BCUT2D eigenvalue weighted by atomic mass is 10.1. The zero-order valence-corrected chi connectivity index (χ0v) is 16.4. The van der Waals surface area contributed by atoms with Gasteiger partial charge in [-0.05, 0) is 56.2 Å². The van der Waals surface area contributed by atoms with Crippen molar-refractivity contribution in [3.8, 4) is 5.75 Å². The van der Waals surface area contributed by atoms with E-state index in [2.05, 4.69) is 5.32 Å². The number of sulfonamides is 1. The van der Waals surface area contributed by atoms with E-state index in [0.29, 0.717) is 17.1 Å². The number of amides is 1. The molecule has 26 heavy (non-hydrogen) atoms. The van der Waals surface area contributed by atoms with Crippen LogP contribution >= 0.6 is 0 Å². The van der Waals surface area contributed by atoms with Gasteiger partial charge in [0.25, 0.3) is 0 Å². The molecule has 0 aliphatic carbocycles. The van der Waals surface area contributed by atoms with Crippen LogP contribution in [0.5, 0.6) is 5.75 Å². The third-order valence-corrected chi connectivity index (χ3v) is 5.13. The molecule has 0 unspecified atom stereocenters. The van der Waals surface area contributed by atoms with Crippen LogP contribution < -0.4 is 14.4 Å². The van der Waals surface area contributed by atoms with Crippen molar-refractivity contribution in [2.24, 2.45) is 0 Å². The zero-order chi connectivity index (χ0) is 19.5. The first-order valence-electron chi connectivity index (χ1n) is 8.14. The molecule has 6 nitrogen and oxygen atoms in total. The quantitative estimate of drug-likeness (QED) is 0.840. The van der Waals surface area contributed by atoms with Gasteiger partial charge in [-0.3, -0.25) is 9.10 Å². The summed E-state index contributed by atoms with van der Waals surface area (Å²) in [5.41, 5.74) is 2.86. The Morgan fingerprint density at radius 2 is 1.73 bits per heavy atom. The highest BCUT2D eigenvalue weighted by Gasteiger charge is 2.29. The number of nitrogens with zero attached hydrogens (tertiary/aromatic N) is 1. The number of anilines is 2. The number of rotatable bonds is 6. The molecule has 140 valence electrons. The number of benzene rings is 2. The molecule has 2 aromatic carbocycles. The fourth-order valence-electron chi connectivity index (χ4n) is 2.83. The smallest absolute Gasteiger partial charge is 0.247 e. The average molecular weight is 376 g/mol. The van der Waals surface area contributed by atoms with Crippen molar-refractivity contribution in [1.82, 2.24) is 0 Å². The first-order chi connectivity index (χ1) is 12.1. The zero-order valence-electron chi connectivity index (χ0n) is 15.6. The van der Waals surface area contributed by atoms with E-state index in [1.54, 1.807) is 43.3 Å². The Bertz CT molecular complexity index is 889. The fraction of sp³-hybridized carbons (Fsp3) is 0.316. The molecular weight excluding hydrogens is 352 g/mol. The Hall–Kier alpha value is -2.54. The Balaban J connectivity index is 2.34. The van der Waals surface area contributed by atoms with E-state index in [-0.39, 0.29) is 0 Å². The summed E-state index contributed by atoms with van der Waals surface area (Å²) < 4.78 is 31.0. The minimum atomic E-state index is -3.65. The molecule has 7 heteroatoms. The molecule has 1 amide bonds. The van der Waals surface area contributed by atoms with Crippen molar-refractivity contribution in [2.45, 2.75) is 26.8 Å². The van der Waals surface area contributed by atoms with Gasteiger partial charge in [0.15, 0.2) is 0 Å². The number of methoxy groups -OCH3 is 1. The summed E-state index contributed by atoms with van der Waals surface area (Å²) >= 11 is 0. The highest BCUT2D eigenvalue weighted by Crippen LogP contribution is 2.25. The number of carbonyl (C=O) groups excluding carboxylic acids is 1.